The first kappa shape index (κ1) is 14.9. The number of ether oxygens (including phenoxy) is 1. The molecular formula is C17H18O4. The molecule has 4 nitrogen and oxygen atoms in total. The summed E-state index contributed by atoms with van der Waals surface area (Å²) < 4.78 is 5.24. The molecule has 0 heterocycles. The monoisotopic (exact) mass is 286 g/mol. The lowest BCUT2D eigenvalue weighted by Crippen LogP contribution is -2.14. The Labute approximate surface area is 123 Å². The van der Waals surface area contributed by atoms with Crippen LogP contribution in [0.5, 0.6) is 11.5 Å². The van der Waals surface area contributed by atoms with Crippen LogP contribution in [0.25, 0.3) is 0 Å². The molecule has 110 valence electrons. The van der Waals surface area contributed by atoms with E-state index in [9.17, 15) is 15.0 Å². The molecule has 2 aromatic rings. The zero-order chi connectivity index (χ0) is 15.2. The van der Waals surface area contributed by atoms with Crippen molar-refractivity contribution in [2.75, 3.05) is 6.61 Å². The quantitative estimate of drug-likeness (QED) is 0.829. The van der Waals surface area contributed by atoms with E-state index in [2.05, 4.69) is 0 Å². The van der Waals surface area contributed by atoms with Crippen LogP contribution in [0.1, 0.15) is 24.0 Å². The van der Waals surface area contributed by atoms with Gasteiger partial charge in [0.2, 0.25) is 0 Å². The second-order valence-electron chi connectivity index (χ2n) is 4.91. The minimum Gasteiger partial charge on any atom is -0.508 e. The zero-order valence-electron chi connectivity index (χ0n) is 11.8. The number of phenolic OH excluding ortho intramolecular Hbond substituents is 2. The van der Waals surface area contributed by atoms with E-state index in [1.807, 2.05) is 30.3 Å². The molecule has 2 N–H and O–H groups in total. The fourth-order valence-corrected chi connectivity index (χ4v) is 2.04. The molecule has 2 rings (SSSR count). The van der Waals surface area contributed by atoms with Gasteiger partial charge in [0.25, 0.3) is 0 Å². The molecule has 1 atom stereocenters. The van der Waals surface area contributed by atoms with Crippen LogP contribution in [-0.4, -0.2) is 22.8 Å². The highest BCUT2D eigenvalue weighted by Crippen LogP contribution is 2.26. The summed E-state index contributed by atoms with van der Waals surface area (Å²) in [7, 11) is 0. The minimum absolute atomic E-state index is 0.0751. The Morgan fingerprint density at radius 2 is 1.71 bits per heavy atom. The Hall–Kier alpha value is -2.49. The molecule has 0 radical (unpaired) electrons. The van der Waals surface area contributed by atoms with Crippen molar-refractivity contribution in [3.05, 3.63) is 59.7 Å². The molecule has 2 aromatic carbocycles. The van der Waals surface area contributed by atoms with Gasteiger partial charge in [-0.25, -0.2) is 0 Å². The second kappa shape index (κ2) is 6.79. The molecule has 0 fully saturated rings. The number of esters is 1. The molecule has 0 aliphatic rings. The van der Waals surface area contributed by atoms with Crippen molar-refractivity contribution in [3.8, 4) is 11.5 Å². The molecule has 0 bridgehead atoms. The van der Waals surface area contributed by atoms with E-state index in [4.69, 9.17) is 4.74 Å². The molecule has 0 aromatic heterocycles. The summed E-state index contributed by atoms with van der Waals surface area (Å²) in [6.45, 7) is 1.98. The fourth-order valence-electron chi connectivity index (χ4n) is 2.04. The standard InChI is InChI=1S/C17H18O4/c1-12(14-9-15(18)11-16(19)10-14)17(20)21-8-7-13-5-3-2-4-6-13/h2-6,9-12,18-19H,7-8H2,1H3. The average molecular weight is 286 g/mol. The van der Waals surface area contributed by atoms with Gasteiger partial charge in [0, 0.05) is 12.5 Å². The topological polar surface area (TPSA) is 66.8 Å². The van der Waals surface area contributed by atoms with Crippen molar-refractivity contribution >= 4 is 5.97 Å². The third kappa shape index (κ3) is 4.24. The van der Waals surface area contributed by atoms with Crippen LogP contribution >= 0.6 is 0 Å². The highest BCUT2D eigenvalue weighted by Gasteiger charge is 2.18. The van der Waals surface area contributed by atoms with Gasteiger partial charge < -0.3 is 14.9 Å². The lowest BCUT2D eigenvalue weighted by molar-refractivity contribution is -0.144. The third-order valence-electron chi connectivity index (χ3n) is 3.26. The smallest absolute Gasteiger partial charge is 0.313 e. The van der Waals surface area contributed by atoms with Gasteiger partial charge in [-0.3, -0.25) is 4.79 Å². The molecule has 0 spiro atoms. The third-order valence-corrected chi connectivity index (χ3v) is 3.26. The van der Waals surface area contributed by atoms with E-state index >= 15 is 0 Å². The highest BCUT2D eigenvalue weighted by atomic mass is 16.5. The van der Waals surface area contributed by atoms with E-state index in [0.29, 0.717) is 18.6 Å². The van der Waals surface area contributed by atoms with Gasteiger partial charge in [-0.2, -0.15) is 0 Å². The van der Waals surface area contributed by atoms with Crippen molar-refractivity contribution < 1.29 is 19.7 Å². The van der Waals surface area contributed by atoms with Crippen LogP contribution < -0.4 is 0 Å². The van der Waals surface area contributed by atoms with Crippen LogP contribution in [0.3, 0.4) is 0 Å². The number of carbonyl (C=O) groups is 1. The van der Waals surface area contributed by atoms with Gasteiger partial charge in [0.15, 0.2) is 0 Å². The predicted octanol–water partition coefficient (Wildman–Crippen LogP) is 2.99. The summed E-state index contributed by atoms with van der Waals surface area (Å²) >= 11 is 0. The fraction of sp³-hybridized carbons (Fsp3) is 0.235. The number of hydrogen-bond acceptors (Lipinski definition) is 4. The summed E-state index contributed by atoms with van der Waals surface area (Å²) in [6, 6.07) is 13.9. The SMILES string of the molecule is CC(C(=O)OCCc1ccccc1)c1cc(O)cc(O)c1. The van der Waals surface area contributed by atoms with Gasteiger partial charge in [-0.05, 0) is 30.2 Å². The summed E-state index contributed by atoms with van der Waals surface area (Å²) in [6.07, 6.45) is 0.657. The van der Waals surface area contributed by atoms with Crippen LogP contribution in [-0.2, 0) is 16.0 Å². The maximum Gasteiger partial charge on any atom is 0.313 e. The highest BCUT2D eigenvalue weighted by molar-refractivity contribution is 5.78. The summed E-state index contributed by atoms with van der Waals surface area (Å²) in [5.74, 6) is -1.07. The van der Waals surface area contributed by atoms with E-state index in [1.54, 1.807) is 6.92 Å². The summed E-state index contributed by atoms with van der Waals surface area (Å²) in [5, 5.41) is 18.9. The normalized spacial score (nSPS) is 11.9. The van der Waals surface area contributed by atoms with E-state index in [0.717, 1.165) is 5.56 Å². The number of rotatable bonds is 5. The lowest BCUT2D eigenvalue weighted by Gasteiger charge is -2.12. The van der Waals surface area contributed by atoms with Gasteiger partial charge in [-0.15, -0.1) is 0 Å². The van der Waals surface area contributed by atoms with E-state index in [-0.39, 0.29) is 17.5 Å². The van der Waals surface area contributed by atoms with Gasteiger partial charge in [-0.1, -0.05) is 30.3 Å². The van der Waals surface area contributed by atoms with Crippen LogP contribution in [0.2, 0.25) is 0 Å². The van der Waals surface area contributed by atoms with Crippen molar-refractivity contribution in [2.45, 2.75) is 19.3 Å². The Bertz CT molecular complexity index is 587. The predicted molar refractivity (Wildman–Crippen MR) is 79.3 cm³/mol. The maximum absolute atomic E-state index is 12.0. The summed E-state index contributed by atoms with van der Waals surface area (Å²) in [4.78, 5) is 12.0. The Balaban J connectivity index is 1.90. The average Bonchev–Trinajstić information content (AvgIpc) is 2.46. The van der Waals surface area contributed by atoms with Gasteiger partial charge in [0.05, 0.1) is 12.5 Å². The summed E-state index contributed by atoms with van der Waals surface area (Å²) in [5.41, 5.74) is 1.63. The maximum atomic E-state index is 12.0. The Kier molecular flexibility index (Phi) is 4.82. The zero-order valence-corrected chi connectivity index (χ0v) is 11.8. The van der Waals surface area contributed by atoms with Crippen LogP contribution in [0.4, 0.5) is 0 Å². The van der Waals surface area contributed by atoms with Gasteiger partial charge >= 0.3 is 5.97 Å². The van der Waals surface area contributed by atoms with E-state index in [1.165, 1.54) is 18.2 Å². The van der Waals surface area contributed by atoms with Crippen molar-refractivity contribution in [1.29, 1.82) is 0 Å². The lowest BCUT2D eigenvalue weighted by atomic mass is 10.0. The van der Waals surface area contributed by atoms with E-state index < -0.39 is 5.92 Å². The number of hydrogen-bond donors (Lipinski definition) is 2. The molecule has 0 saturated heterocycles. The number of aromatic hydroxyl groups is 2. The Morgan fingerprint density at radius 3 is 2.33 bits per heavy atom. The second-order valence-corrected chi connectivity index (χ2v) is 4.91. The minimum atomic E-state index is -0.543. The molecule has 21 heavy (non-hydrogen) atoms. The molecule has 0 saturated carbocycles. The molecule has 0 aliphatic carbocycles. The Morgan fingerprint density at radius 1 is 1.10 bits per heavy atom. The molecule has 0 amide bonds. The van der Waals surface area contributed by atoms with Crippen LogP contribution in [0.15, 0.2) is 48.5 Å². The largest absolute Gasteiger partial charge is 0.508 e. The number of benzene rings is 2. The van der Waals surface area contributed by atoms with Crippen molar-refractivity contribution in [3.63, 3.8) is 0 Å². The van der Waals surface area contributed by atoms with Crippen molar-refractivity contribution in [1.82, 2.24) is 0 Å². The first-order valence-electron chi connectivity index (χ1n) is 6.80. The first-order chi connectivity index (χ1) is 10.1. The number of carbonyl (C=O) groups excluding carboxylic acids is 1. The molecule has 4 heteroatoms. The van der Waals surface area contributed by atoms with Crippen molar-refractivity contribution in [2.24, 2.45) is 0 Å². The van der Waals surface area contributed by atoms with Gasteiger partial charge in [0.1, 0.15) is 11.5 Å². The molecule has 0 aliphatic heterocycles. The first-order valence-corrected chi connectivity index (χ1v) is 6.80. The number of phenols is 2. The molecule has 1 unspecified atom stereocenters. The molecular weight excluding hydrogens is 268 g/mol. The van der Waals surface area contributed by atoms with Crippen LogP contribution in [0, 0.1) is 0 Å².